The molecule has 4 aromatic rings. The lowest BCUT2D eigenvalue weighted by Crippen LogP contribution is -2.31. The van der Waals surface area contributed by atoms with Gasteiger partial charge in [-0.15, -0.1) is 0 Å². The number of nitrogen functional groups attached to an aromatic ring is 2. The van der Waals surface area contributed by atoms with Crippen LogP contribution in [0.1, 0.15) is 82.3 Å². The second-order valence-electron chi connectivity index (χ2n) is 11.3. The summed E-state index contributed by atoms with van der Waals surface area (Å²) in [5.74, 6) is -2.98. The summed E-state index contributed by atoms with van der Waals surface area (Å²) in [5.41, 5.74) is 14.7. The fraction of sp³-hybridized carbons (Fsp3) is 0.121. The van der Waals surface area contributed by atoms with E-state index in [1.807, 2.05) is 0 Å². The molecular weight excluding hydrogens is 661 g/mol. The number of fused-ring (bicyclic) bond motifs is 2. The van der Waals surface area contributed by atoms with Crippen LogP contribution in [0.15, 0.2) is 72.8 Å². The number of carbonyl (C=O) groups is 5. The van der Waals surface area contributed by atoms with Gasteiger partial charge in [-0.1, -0.05) is 24.3 Å². The van der Waals surface area contributed by atoms with E-state index in [4.69, 9.17) is 11.5 Å². The van der Waals surface area contributed by atoms with Crippen molar-refractivity contribution < 1.29 is 24.0 Å². The van der Waals surface area contributed by atoms with Gasteiger partial charge in [-0.2, -0.15) is 50.5 Å². The molecule has 232 valence electrons. The smallest absolute Gasteiger partial charge is 0.266 e. The molecule has 0 radical (unpaired) electrons. The molecule has 0 spiro atoms. The zero-order valence-corrected chi connectivity index (χ0v) is 27.9. The summed E-state index contributed by atoms with van der Waals surface area (Å²) in [6, 6.07) is 18.0. The van der Waals surface area contributed by atoms with Gasteiger partial charge in [0.05, 0.1) is 41.8 Å². The zero-order valence-electron chi connectivity index (χ0n) is 24.3. The molecule has 9 nitrogen and oxygen atoms in total. The molecule has 0 fully saturated rings. The van der Waals surface area contributed by atoms with Gasteiger partial charge in [0.1, 0.15) is 0 Å². The molecule has 0 saturated heterocycles. The second-order valence-corrected chi connectivity index (χ2v) is 15.5. The fourth-order valence-corrected chi connectivity index (χ4v) is 6.86. The van der Waals surface area contributed by atoms with Crippen molar-refractivity contribution in [3.63, 3.8) is 0 Å². The fourth-order valence-electron chi connectivity index (χ4n) is 5.89. The topological polar surface area (TPSA) is 144 Å². The number of nitrogens with zero attached hydrogens (tertiary/aromatic N) is 2. The van der Waals surface area contributed by atoms with Crippen LogP contribution in [0.5, 0.6) is 0 Å². The van der Waals surface area contributed by atoms with Gasteiger partial charge >= 0.3 is 0 Å². The van der Waals surface area contributed by atoms with Crippen molar-refractivity contribution in [2.45, 2.75) is 22.0 Å². The van der Waals surface area contributed by atoms with Gasteiger partial charge in [0, 0.05) is 33.6 Å². The number of anilines is 4. The number of benzene rings is 4. The van der Waals surface area contributed by atoms with Crippen molar-refractivity contribution in [2.24, 2.45) is 0 Å². The highest BCUT2D eigenvalue weighted by Gasteiger charge is 2.42. The zero-order chi connectivity index (χ0) is 33.5. The minimum absolute atomic E-state index is 0.0265. The Morgan fingerprint density at radius 1 is 0.565 bits per heavy atom. The van der Waals surface area contributed by atoms with E-state index in [1.165, 1.54) is 36.4 Å². The van der Waals surface area contributed by atoms with Gasteiger partial charge in [0.25, 0.3) is 23.6 Å². The number of imide groups is 2. The lowest BCUT2D eigenvalue weighted by molar-refractivity contribution is 0.0910. The predicted molar refractivity (Wildman–Crippen MR) is 191 cm³/mol. The molecule has 2 aliphatic rings. The minimum Gasteiger partial charge on any atom is -0.398 e. The number of hydrogen-bond acceptors (Lipinski definition) is 11. The van der Waals surface area contributed by atoms with E-state index in [9.17, 15) is 24.0 Å². The highest BCUT2D eigenvalue weighted by atomic mass is 32.2. The molecule has 0 saturated carbocycles. The summed E-state index contributed by atoms with van der Waals surface area (Å²) in [6.07, 6.45) is 0. The molecule has 2 heterocycles. The van der Waals surface area contributed by atoms with E-state index in [0.717, 1.165) is 9.80 Å². The Labute approximate surface area is 286 Å². The quantitative estimate of drug-likeness (QED) is 0.0499. The molecule has 4 aromatic carbocycles. The number of rotatable bonds is 6. The average molecular weight is 687 g/mol. The highest BCUT2D eigenvalue weighted by Crippen LogP contribution is 2.45. The van der Waals surface area contributed by atoms with Crippen LogP contribution in [-0.2, 0) is 8.16 Å². The summed E-state index contributed by atoms with van der Waals surface area (Å²) < 4.78 is -2.15. The Hall–Kier alpha value is -4.17. The molecule has 46 heavy (non-hydrogen) atoms. The van der Waals surface area contributed by atoms with E-state index in [2.05, 4.69) is 50.5 Å². The molecule has 4 amide bonds. The summed E-state index contributed by atoms with van der Waals surface area (Å²) in [7, 11) is 0. The molecule has 0 unspecified atom stereocenters. The number of nitrogens with two attached hydrogens (primary N) is 2. The molecule has 0 bridgehead atoms. The first-order chi connectivity index (χ1) is 21.5. The Balaban J connectivity index is 1.34. The van der Waals surface area contributed by atoms with Crippen molar-refractivity contribution in [2.75, 3.05) is 21.3 Å². The maximum absolute atomic E-state index is 13.7. The van der Waals surface area contributed by atoms with Crippen molar-refractivity contribution in [3.05, 3.63) is 117 Å². The van der Waals surface area contributed by atoms with Crippen LogP contribution in [-0.4, -0.2) is 29.4 Å². The van der Waals surface area contributed by atoms with E-state index >= 15 is 0 Å². The van der Waals surface area contributed by atoms with Gasteiger partial charge in [-0.05, 0) is 62.4 Å². The normalized spacial score (nSPS) is 14.7. The Morgan fingerprint density at radius 2 is 0.913 bits per heavy atom. The molecule has 0 aliphatic carbocycles. The van der Waals surface area contributed by atoms with Crippen LogP contribution in [0.3, 0.4) is 0 Å². The summed E-state index contributed by atoms with van der Waals surface area (Å²) in [6.45, 7) is 3.34. The number of hydrogen-bond donors (Lipinski definition) is 6. The van der Waals surface area contributed by atoms with Crippen molar-refractivity contribution in [1.29, 1.82) is 0 Å². The standard InChI is InChI=1S/C33H26N4O5S4/c1-32(43,44)25-21(34)5-3-7-23(25)36-28(39)17-11-9-15(13-19(17)30(36)41)27(38)16-10-12-18-20(14-16)31(42)37(29(18)40)24-8-4-6-22(35)26(24)33(2,45)46/h3-14,43-46H,34-35H2,1-2H3. The van der Waals surface area contributed by atoms with Gasteiger partial charge in [0.2, 0.25) is 0 Å². The van der Waals surface area contributed by atoms with Gasteiger partial charge in [0.15, 0.2) is 5.78 Å². The molecular formula is C33H26N4O5S4. The molecule has 6 rings (SSSR count). The first kappa shape index (κ1) is 31.8. The minimum atomic E-state index is -1.08. The maximum Gasteiger partial charge on any atom is 0.266 e. The first-order valence-electron chi connectivity index (χ1n) is 13.8. The Kier molecular flexibility index (Phi) is 7.59. The van der Waals surface area contributed by atoms with E-state index < -0.39 is 37.6 Å². The lowest BCUT2D eigenvalue weighted by atomic mass is 9.96. The van der Waals surface area contributed by atoms with Crippen molar-refractivity contribution >= 4 is 103 Å². The highest BCUT2D eigenvalue weighted by molar-refractivity contribution is 8.00. The van der Waals surface area contributed by atoms with E-state index in [0.29, 0.717) is 22.5 Å². The first-order valence-corrected chi connectivity index (χ1v) is 15.6. The lowest BCUT2D eigenvalue weighted by Gasteiger charge is -2.26. The molecule has 0 atom stereocenters. The van der Waals surface area contributed by atoms with E-state index in [1.54, 1.807) is 50.2 Å². The number of ketones is 1. The van der Waals surface area contributed by atoms with Gasteiger partial charge in [-0.25, -0.2) is 9.80 Å². The average Bonchev–Trinajstić information content (AvgIpc) is 3.38. The Bertz CT molecular complexity index is 1920. The van der Waals surface area contributed by atoms with Crippen LogP contribution >= 0.6 is 50.5 Å². The SMILES string of the molecule is CC(S)(S)c1c(N)cccc1N1C(=O)c2ccc(C(=O)c3ccc4c(c3)C(=O)N(c3cccc(N)c3C(C)(S)S)C4=O)cc2C1=O. The third kappa shape index (κ3) is 4.98. The van der Waals surface area contributed by atoms with Crippen LogP contribution < -0.4 is 21.3 Å². The number of amides is 4. The largest absolute Gasteiger partial charge is 0.398 e. The molecule has 13 heteroatoms. The number of carbonyl (C=O) groups excluding carboxylic acids is 5. The second kappa shape index (κ2) is 11.0. The van der Waals surface area contributed by atoms with Crippen LogP contribution in [0.25, 0.3) is 0 Å². The third-order valence-electron chi connectivity index (χ3n) is 7.88. The third-order valence-corrected chi connectivity index (χ3v) is 8.77. The summed E-state index contributed by atoms with van der Waals surface area (Å²) in [4.78, 5) is 69.8. The van der Waals surface area contributed by atoms with Crippen LogP contribution in [0.4, 0.5) is 22.7 Å². The number of thiol groups is 4. The van der Waals surface area contributed by atoms with Gasteiger partial charge < -0.3 is 11.5 Å². The van der Waals surface area contributed by atoms with Crippen LogP contribution in [0, 0.1) is 0 Å². The molecule has 2 aliphatic heterocycles. The summed E-state index contributed by atoms with van der Waals surface area (Å²) in [5, 5.41) is 0. The molecule has 0 aromatic heterocycles. The summed E-state index contributed by atoms with van der Waals surface area (Å²) >= 11 is 18.0. The van der Waals surface area contributed by atoms with Crippen molar-refractivity contribution in [3.8, 4) is 0 Å². The molecule has 4 N–H and O–H groups in total. The maximum atomic E-state index is 13.7. The van der Waals surface area contributed by atoms with Crippen LogP contribution in [0.2, 0.25) is 0 Å². The van der Waals surface area contributed by atoms with Crippen molar-refractivity contribution in [1.82, 2.24) is 0 Å². The monoisotopic (exact) mass is 686 g/mol. The predicted octanol–water partition coefficient (Wildman–Crippen LogP) is 5.75. The van der Waals surface area contributed by atoms with E-state index in [-0.39, 0.29) is 44.8 Å². The Morgan fingerprint density at radius 3 is 1.26 bits per heavy atom. The van der Waals surface area contributed by atoms with Gasteiger partial charge in [-0.3, -0.25) is 24.0 Å².